The Morgan fingerprint density at radius 1 is 1.39 bits per heavy atom. The SMILES string of the molecule is CCOC(=O)[C@@H]1CCC[C@]1(C)c1ccc(C)cc1. The van der Waals surface area contributed by atoms with Crippen LogP contribution in [0.3, 0.4) is 0 Å². The Balaban J connectivity index is 2.27. The first kappa shape index (κ1) is 13.1. The summed E-state index contributed by atoms with van der Waals surface area (Å²) in [4.78, 5) is 12.1. The third kappa shape index (κ3) is 2.29. The number of ether oxygens (including phenoxy) is 1. The van der Waals surface area contributed by atoms with Crippen molar-refractivity contribution in [2.45, 2.75) is 45.4 Å². The van der Waals surface area contributed by atoms with Crippen molar-refractivity contribution in [3.63, 3.8) is 0 Å². The minimum Gasteiger partial charge on any atom is -0.466 e. The van der Waals surface area contributed by atoms with Crippen molar-refractivity contribution < 1.29 is 9.53 Å². The first-order chi connectivity index (χ1) is 8.58. The number of carbonyl (C=O) groups excluding carboxylic acids is 1. The Morgan fingerprint density at radius 2 is 2.06 bits per heavy atom. The molecule has 0 radical (unpaired) electrons. The topological polar surface area (TPSA) is 26.3 Å². The van der Waals surface area contributed by atoms with Crippen LogP contribution in [0.25, 0.3) is 0 Å². The van der Waals surface area contributed by atoms with Gasteiger partial charge in [-0.1, -0.05) is 43.2 Å². The summed E-state index contributed by atoms with van der Waals surface area (Å²) in [7, 11) is 0. The van der Waals surface area contributed by atoms with E-state index < -0.39 is 0 Å². The van der Waals surface area contributed by atoms with Crippen LogP contribution in [-0.4, -0.2) is 12.6 Å². The second kappa shape index (κ2) is 5.13. The highest BCUT2D eigenvalue weighted by Crippen LogP contribution is 2.46. The summed E-state index contributed by atoms with van der Waals surface area (Å²) in [5.74, 6) is -0.0155. The Kier molecular flexibility index (Phi) is 3.74. The second-order valence-corrected chi connectivity index (χ2v) is 5.48. The van der Waals surface area contributed by atoms with E-state index in [-0.39, 0.29) is 17.3 Å². The highest BCUT2D eigenvalue weighted by atomic mass is 16.5. The number of esters is 1. The predicted molar refractivity (Wildman–Crippen MR) is 72.5 cm³/mol. The van der Waals surface area contributed by atoms with Crippen LogP contribution < -0.4 is 0 Å². The molecule has 98 valence electrons. The Hall–Kier alpha value is -1.31. The number of carbonyl (C=O) groups is 1. The van der Waals surface area contributed by atoms with E-state index in [0.717, 1.165) is 19.3 Å². The molecule has 1 fully saturated rings. The van der Waals surface area contributed by atoms with E-state index in [1.807, 2.05) is 6.92 Å². The van der Waals surface area contributed by atoms with E-state index in [9.17, 15) is 4.79 Å². The van der Waals surface area contributed by atoms with E-state index in [2.05, 4.69) is 38.1 Å². The van der Waals surface area contributed by atoms with Crippen LogP contribution in [0.4, 0.5) is 0 Å². The summed E-state index contributed by atoms with van der Waals surface area (Å²) < 4.78 is 5.23. The average molecular weight is 246 g/mol. The highest BCUT2D eigenvalue weighted by Gasteiger charge is 2.44. The van der Waals surface area contributed by atoms with Crippen LogP contribution >= 0.6 is 0 Å². The molecule has 2 heteroatoms. The number of hydrogen-bond donors (Lipinski definition) is 0. The Bertz CT molecular complexity index is 421. The van der Waals surface area contributed by atoms with Gasteiger partial charge in [-0.15, -0.1) is 0 Å². The van der Waals surface area contributed by atoms with Gasteiger partial charge in [-0.05, 0) is 32.3 Å². The van der Waals surface area contributed by atoms with Gasteiger partial charge in [0.25, 0.3) is 0 Å². The molecule has 0 N–H and O–H groups in total. The van der Waals surface area contributed by atoms with Crippen molar-refractivity contribution in [2.75, 3.05) is 6.61 Å². The quantitative estimate of drug-likeness (QED) is 0.761. The zero-order chi connectivity index (χ0) is 13.2. The van der Waals surface area contributed by atoms with E-state index >= 15 is 0 Å². The number of hydrogen-bond acceptors (Lipinski definition) is 2. The minimum atomic E-state index is -0.0556. The molecule has 0 spiro atoms. The highest BCUT2D eigenvalue weighted by molar-refractivity contribution is 5.75. The fourth-order valence-corrected chi connectivity index (χ4v) is 3.07. The van der Waals surface area contributed by atoms with Gasteiger partial charge in [0.1, 0.15) is 0 Å². The second-order valence-electron chi connectivity index (χ2n) is 5.48. The van der Waals surface area contributed by atoms with Crippen LogP contribution in [-0.2, 0) is 14.9 Å². The summed E-state index contributed by atoms with van der Waals surface area (Å²) in [6, 6.07) is 8.57. The molecule has 0 saturated heterocycles. The fraction of sp³-hybridized carbons (Fsp3) is 0.562. The zero-order valence-corrected chi connectivity index (χ0v) is 11.5. The number of benzene rings is 1. The summed E-state index contributed by atoms with van der Waals surface area (Å²) >= 11 is 0. The lowest BCUT2D eigenvalue weighted by atomic mass is 9.74. The van der Waals surface area contributed by atoms with E-state index in [1.165, 1.54) is 11.1 Å². The maximum Gasteiger partial charge on any atom is 0.309 e. The van der Waals surface area contributed by atoms with Crippen molar-refractivity contribution in [1.82, 2.24) is 0 Å². The maximum absolute atomic E-state index is 12.1. The lowest BCUT2D eigenvalue weighted by molar-refractivity contribution is -0.149. The molecule has 2 rings (SSSR count). The average Bonchev–Trinajstić information content (AvgIpc) is 2.73. The molecule has 0 unspecified atom stereocenters. The molecule has 0 aromatic heterocycles. The maximum atomic E-state index is 12.1. The standard InChI is InChI=1S/C16H22O2/c1-4-18-15(17)14-6-5-11-16(14,3)13-9-7-12(2)8-10-13/h7-10,14H,4-6,11H2,1-3H3/t14-,16+/m0/s1. The molecule has 2 nitrogen and oxygen atoms in total. The molecular weight excluding hydrogens is 224 g/mol. The minimum absolute atomic E-state index is 0.0140. The van der Waals surface area contributed by atoms with Crippen LogP contribution in [0.15, 0.2) is 24.3 Å². The summed E-state index contributed by atoms with van der Waals surface area (Å²) in [5.41, 5.74) is 2.47. The molecule has 0 aliphatic heterocycles. The lowest BCUT2D eigenvalue weighted by Crippen LogP contribution is -2.33. The molecule has 1 aromatic carbocycles. The largest absolute Gasteiger partial charge is 0.466 e. The molecule has 0 heterocycles. The molecule has 18 heavy (non-hydrogen) atoms. The van der Waals surface area contributed by atoms with Gasteiger partial charge in [0.2, 0.25) is 0 Å². The fourth-order valence-electron chi connectivity index (χ4n) is 3.07. The molecule has 1 aromatic rings. The first-order valence-corrected chi connectivity index (χ1v) is 6.81. The molecule has 1 aliphatic carbocycles. The van der Waals surface area contributed by atoms with E-state index in [1.54, 1.807) is 0 Å². The predicted octanol–water partition coefficient (Wildman–Crippen LogP) is 3.62. The molecular formula is C16H22O2. The third-order valence-corrected chi connectivity index (χ3v) is 4.24. The van der Waals surface area contributed by atoms with Crippen molar-refractivity contribution in [1.29, 1.82) is 0 Å². The van der Waals surface area contributed by atoms with Gasteiger partial charge in [-0.25, -0.2) is 0 Å². The monoisotopic (exact) mass is 246 g/mol. The summed E-state index contributed by atoms with van der Waals surface area (Å²) in [5, 5.41) is 0. The first-order valence-electron chi connectivity index (χ1n) is 6.81. The summed E-state index contributed by atoms with van der Waals surface area (Å²) in [6.45, 7) is 6.63. The van der Waals surface area contributed by atoms with Gasteiger partial charge >= 0.3 is 5.97 Å². The zero-order valence-electron chi connectivity index (χ0n) is 11.5. The summed E-state index contributed by atoms with van der Waals surface area (Å²) in [6.07, 6.45) is 3.12. The number of rotatable bonds is 3. The van der Waals surface area contributed by atoms with Crippen LogP contribution in [0, 0.1) is 12.8 Å². The third-order valence-electron chi connectivity index (χ3n) is 4.24. The molecule has 1 saturated carbocycles. The number of aryl methyl sites for hydroxylation is 1. The van der Waals surface area contributed by atoms with Crippen molar-refractivity contribution in [3.05, 3.63) is 35.4 Å². The van der Waals surface area contributed by atoms with Gasteiger partial charge in [0, 0.05) is 5.41 Å². The van der Waals surface area contributed by atoms with Gasteiger partial charge in [-0.2, -0.15) is 0 Å². The van der Waals surface area contributed by atoms with Gasteiger partial charge in [0.15, 0.2) is 0 Å². The van der Waals surface area contributed by atoms with E-state index in [0.29, 0.717) is 6.61 Å². The van der Waals surface area contributed by atoms with Gasteiger partial charge in [0.05, 0.1) is 12.5 Å². The van der Waals surface area contributed by atoms with Crippen molar-refractivity contribution >= 4 is 5.97 Å². The molecule has 0 amide bonds. The van der Waals surface area contributed by atoms with Gasteiger partial charge < -0.3 is 4.74 Å². The van der Waals surface area contributed by atoms with Crippen molar-refractivity contribution in [2.24, 2.45) is 5.92 Å². The Labute approximate surface area is 109 Å². The molecule has 1 aliphatic rings. The Morgan fingerprint density at radius 3 is 2.67 bits per heavy atom. The van der Waals surface area contributed by atoms with E-state index in [4.69, 9.17) is 4.74 Å². The normalized spacial score (nSPS) is 27.2. The molecule has 2 atom stereocenters. The van der Waals surface area contributed by atoms with Crippen LogP contribution in [0.5, 0.6) is 0 Å². The molecule has 0 bridgehead atoms. The lowest BCUT2D eigenvalue weighted by Gasteiger charge is -2.30. The van der Waals surface area contributed by atoms with Crippen LogP contribution in [0.1, 0.15) is 44.2 Å². The van der Waals surface area contributed by atoms with Gasteiger partial charge in [-0.3, -0.25) is 4.79 Å². The van der Waals surface area contributed by atoms with Crippen molar-refractivity contribution in [3.8, 4) is 0 Å². The smallest absolute Gasteiger partial charge is 0.309 e. The van der Waals surface area contributed by atoms with Crippen LogP contribution in [0.2, 0.25) is 0 Å².